The number of carbonyl (C=O) groups excluding carboxylic acids is 2. The van der Waals surface area contributed by atoms with Crippen molar-refractivity contribution in [3.05, 3.63) is 82.9 Å². The molecule has 0 radical (unpaired) electrons. The van der Waals surface area contributed by atoms with Crippen LogP contribution in [0.1, 0.15) is 61.2 Å². The average molecular weight is 511 g/mol. The van der Waals surface area contributed by atoms with Crippen molar-refractivity contribution in [2.45, 2.75) is 54.4 Å². The number of aryl methyl sites for hydroxylation is 3. The van der Waals surface area contributed by atoms with Gasteiger partial charge in [-0.25, -0.2) is 0 Å². The van der Waals surface area contributed by atoms with Gasteiger partial charge in [0.25, 0.3) is 5.91 Å². The molecule has 0 fully saturated rings. The van der Waals surface area contributed by atoms with Gasteiger partial charge in [0, 0.05) is 18.4 Å². The third-order valence-corrected chi connectivity index (χ3v) is 5.27. The second-order valence-corrected chi connectivity index (χ2v) is 8.00. The normalized spacial score (nSPS) is 9.64. The number of hydrogen-bond acceptors (Lipinski definition) is 5. The van der Waals surface area contributed by atoms with E-state index in [0.717, 1.165) is 16.7 Å². The van der Waals surface area contributed by atoms with Crippen molar-refractivity contribution >= 4 is 29.4 Å². The van der Waals surface area contributed by atoms with Crippen LogP contribution in [0.5, 0.6) is 17.2 Å². The van der Waals surface area contributed by atoms with Crippen LogP contribution in [0.25, 0.3) is 0 Å². The topological polar surface area (TPSA) is 87.7 Å². The first-order chi connectivity index (χ1) is 17.4. The maximum Gasteiger partial charge on any atom is 0.259 e. The zero-order valence-corrected chi connectivity index (χ0v) is 23.1. The third-order valence-electron chi connectivity index (χ3n) is 4.84. The summed E-state index contributed by atoms with van der Waals surface area (Å²) in [6.07, 6.45) is 2.87. The Balaban J connectivity index is 0.00000154. The Hall–Kier alpha value is -3.45. The van der Waals surface area contributed by atoms with E-state index in [4.69, 9.17) is 4.74 Å². The van der Waals surface area contributed by atoms with Crippen LogP contribution < -0.4 is 14.8 Å². The number of benzene rings is 3. The van der Waals surface area contributed by atoms with Gasteiger partial charge in [0.15, 0.2) is 0 Å². The van der Waals surface area contributed by atoms with Crippen LogP contribution in [0.15, 0.2) is 60.7 Å². The minimum absolute atomic E-state index is 0.00136. The first-order valence-corrected chi connectivity index (χ1v) is 13.4. The van der Waals surface area contributed by atoms with Gasteiger partial charge >= 0.3 is 0 Å². The molecule has 0 saturated carbocycles. The van der Waals surface area contributed by atoms with Gasteiger partial charge in [0.2, 0.25) is 5.91 Å². The molecule has 2 amide bonds. The van der Waals surface area contributed by atoms with E-state index in [2.05, 4.69) is 10.0 Å². The smallest absolute Gasteiger partial charge is 0.259 e. The van der Waals surface area contributed by atoms with Crippen LogP contribution in [0.2, 0.25) is 0 Å². The van der Waals surface area contributed by atoms with E-state index >= 15 is 0 Å². The number of amides is 2. The lowest BCUT2D eigenvalue weighted by Gasteiger charge is -2.15. The Labute approximate surface area is 219 Å². The second-order valence-electron chi connectivity index (χ2n) is 7.39. The molecule has 0 saturated heterocycles. The van der Waals surface area contributed by atoms with Gasteiger partial charge in [-0.2, -0.15) is 0 Å². The number of aromatic hydroxyl groups is 1. The fourth-order valence-electron chi connectivity index (χ4n) is 3.37. The first kappa shape index (κ1) is 30.6. The van der Waals surface area contributed by atoms with E-state index in [1.165, 1.54) is 24.1 Å². The average Bonchev–Trinajstić information content (AvgIpc) is 2.89. The summed E-state index contributed by atoms with van der Waals surface area (Å²) in [6, 6.07) is 17.6. The molecule has 0 aromatic heterocycles. The highest BCUT2D eigenvalue weighted by molar-refractivity contribution is 7.97. The number of ether oxygens (including phenoxy) is 1. The highest BCUT2D eigenvalue weighted by Crippen LogP contribution is 2.32. The molecule has 0 heterocycles. The summed E-state index contributed by atoms with van der Waals surface area (Å²) in [5.41, 5.74) is 3.66. The minimum atomic E-state index is -0.425. The monoisotopic (exact) mass is 510 g/mol. The number of phenolic OH excluding ortho intramolecular Hbond substituents is 1. The Morgan fingerprint density at radius 1 is 0.917 bits per heavy atom. The quantitative estimate of drug-likeness (QED) is 0.274. The lowest BCUT2D eigenvalue weighted by molar-refractivity contribution is -0.119. The lowest BCUT2D eigenvalue weighted by atomic mass is 10.0. The number of para-hydroxylation sites is 1. The highest BCUT2D eigenvalue weighted by Gasteiger charge is 2.15. The SMILES string of the molecule is CC.CC.CSNC(=O)CCc1cc(C)c(Oc2ccc(O)c(C(=O)Nc3ccccc3)c2)c(C)c1. The number of hydrogen-bond donors (Lipinski definition) is 3. The van der Waals surface area contributed by atoms with Gasteiger partial charge in [0.1, 0.15) is 17.2 Å². The van der Waals surface area contributed by atoms with Crippen molar-refractivity contribution in [2.75, 3.05) is 11.6 Å². The highest BCUT2D eigenvalue weighted by atomic mass is 32.2. The van der Waals surface area contributed by atoms with Gasteiger partial charge in [0.05, 0.1) is 5.56 Å². The Bertz CT molecular complexity index is 1090. The van der Waals surface area contributed by atoms with E-state index in [1.54, 1.807) is 18.2 Å². The summed E-state index contributed by atoms with van der Waals surface area (Å²) < 4.78 is 8.80. The molecule has 0 unspecified atom stereocenters. The lowest BCUT2D eigenvalue weighted by Crippen LogP contribution is -2.15. The summed E-state index contributed by atoms with van der Waals surface area (Å²) >= 11 is 1.29. The maximum atomic E-state index is 12.6. The number of phenols is 1. The van der Waals surface area contributed by atoms with Crippen molar-refractivity contribution < 1.29 is 19.4 Å². The van der Waals surface area contributed by atoms with Crippen LogP contribution in [-0.2, 0) is 11.2 Å². The van der Waals surface area contributed by atoms with Gasteiger partial charge in [-0.1, -0.05) is 70.0 Å². The van der Waals surface area contributed by atoms with Crippen molar-refractivity contribution in [2.24, 2.45) is 0 Å². The minimum Gasteiger partial charge on any atom is -0.507 e. The number of nitrogens with one attached hydrogen (secondary N) is 2. The standard InChI is InChI=1S/C25H26N2O4S.2C2H6/c1-16-13-18(9-12-23(29)27-32-3)14-17(2)24(16)31-20-10-11-22(28)21(15-20)25(30)26-19-7-5-4-6-8-19;2*1-2/h4-8,10-11,13-15,28H,9,12H2,1-3H3,(H,26,30)(H,27,29);2*1-2H3. The molecule has 0 aliphatic rings. The Kier molecular flexibility index (Phi) is 13.8. The molecule has 3 aromatic rings. The molecule has 3 N–H and O–H groups in total. The van der Waals surface area contributed by atoms with Crippen molar-refractivity contribution in [3.8, 4) is 17.2 Å². The summed E-state index contributed by atoms with van der Waals surface area (Å²) in [5.74, 6) is 0.574. The second kappa shape index (κ2) is 16.3. The van der Waals surface area contributed by atoms with Crippen molar-refractivity contribution in [1.82, 2.24) is 4.72 Å². The molecular formula is C29H38N2O4S. The first-order valence-electron chi connectivity index (χ1n) is 12.2. The van der Waals surface area contributed by atoms with Crippen LogP contribution in [0.4, 0.5) is 5.69 Å². The van der Waals surface area contributed by atoms with Gasteiger partial charge in [-0.15, -0.1) is 0 Å². The molecule has 6 nitrogen and oxygen atoms in total. The molecule has 3 aromatic carbocycles. The molecule has 0 bridgehead atoms. The van der Waals surface area contributed by atoms with Gasteiger partial charge < -0.3 is 19.9 Å². The molecule has 0 aliphatic heterocycles. The van der Waals surface area contributed by atoms with Crippen LogP contribution in [0, 0.1) is 13.8 Å². The maximum absolute atomic E-state index is 12.6. The summed E-state index contributed by atoms with van der Waals surface area (Å²) in [6.45, 7) is 11.9. The predicted molar refractivity (Wildman–Crippen MR) is 151 cm³/mol. The predicted octanol–water partition coefficient (Wildman–Crippen LogP) is 7.43. The van der Waals surface area contributed by atoms with Gasteiger partial charge in [-0.3, -0.25) is 9.59 Å². The third kappa shape index (κ3) is 9.30. The van der Waals surface area contributed by atoms with Crippen LogP contribution >= 0.6 is 11.9 Å². The van der Waals surface area contributed by atoms with E-state index in [0.29, 0.717) is 30.0 Å². The Morgan fingerprint density at radius 3 is 2.11 bits per heavy atom. The zero-order valence-electron chi connectivity index (χ0n) is 22.3. The molecule has 36 heavy (non-hydrogen) atoms. The van der Waals surface area contributed by atoms with Crippen LogP contribution in [-0.4, -0.2) is 23.2 Å². The largest absolute Gasteiger partial charge is 0.507 e. The molecule has 0 aliphatic carbocycles. The number of carbonyl (C=O) groups is 2. The summed E-state index contributed by atoms with van der Waals surface area (Å²) in [5, 5.41) is 13.0. The molecule has 7 heteroatoms. The van der Waals surface area contributed by atoms with Gasteiger partial charge in [-0.05, 0) is 67.3 Å². The molecule has 194 valence electrons. The van der Waals surface area contributed by atoms with E-state index in [1.807, 2.05) is 78.1 Å². The molecule has 0 spiro atoms. The zero-order chi connectivity index (χ0) is 27.1. The molecule has 3 rings (SSSR count). The van der Waals surface area contributed by atoms with E-state index in [9.17, 15) is 14.7 Å². The fourth-order valence-corrected chi connectivity index (χ4v) is 3.70. The van der Waals surface area contributed by atoms with Crippen molar-refractivity contribution in [1.29, 1.82) is 0 Å². The number of rotatable bonds is 8. The molecule has 0 atom stereocenters. The van der Waals surface area contributed by atoms with Crippen molar-refractivity contribution in [3.63, 3.8) is 0 Å². The van der Waals surface area contributed by atoms with E-state index in [-0.39, 0.29) is 17.2 Å². The summed E-state index contributed by atoms with van der Waals surface area (Å²) in [7, 11) is 0. The fraction of sp³-hybridized carbons (Fsp3) is 0.310. The van der Waals surface area contributed by atoms with Crippen LogP contribution in [0.3, 0.4) is 0 Å². The number of anilines is 1. The molecular weight excluding hydrogens is 472 g/mol. The summed E-state index contributed by atoms with van der Waals surface area (Å²) in [4.78, 5) is 24.3. The Morgan fingerprint density at radius 2 is 1.53 bits per heavy atom. The van der Waals surface area contributed by atoms with E-state index < -0.39 is 5.91 Å².